The van der Waals surface area contributed by atoms with Crippen molar-refractivity contribution in [3.63, 3.8) is 0 Å². The molecule has 9 heteroatoms. The van der Waals surface area contributed by atoms with Crippen LogP contribution in [0.15, 0.2) is 67.0 Å². The van der Waals surface area contributed by atoms with Crippen LogP contribution in [0.1, 0.15) is 60.3 Å². The normalized spacial score (nSPS) is 14.3. The van der Waals surface area contributed by atoms with Gasteiger partial charge in [-0.3, -0.25) is 15.1 Å². The summed E-state index contributed by atoms with van der Waals surface area (Å²) in [5.74, 6) is -0.320. The summed E-state index contributed by atoms with van der Waals surface area (Å²) in [6.45, 7) is 5.66. The molecular weight excluding hydrogens is 472 g/mol. The van der Waals surface area contributed by atoms with E-state index in [4.69, 9.17) is 9.47 Å². The Hall–Kier alpha value is -4.40. The van der Waals surface area contributed by atoms with E-state index in [2.05, 4.69) is 20.9 Å². The number of aromatic nitrogens is 1. The number of benzene rings is 2. The summed E-state index contributed by atoms with van der Waals surface area (Å²) in [7, 11) is 0. The third-order valence-electron chi connectivity index (χ3n) is 5.65. The first-order valence-electron chi connectivity index (χ1n) is 12.0. The second-order valence-corrected chi connectivity index (χ2v) is 9.69. The number of alkyl carbamates (subject to hydrolysis) is 1. The van der Waals surface area contributed by atoms with Crippen LogP contribution < -0.4 is 16.0 Å². The number of pyridine rings is 1. The first-order chi connectivity index (χ1) is 17.7. The molecule has 1 heterocycles. The van der Waals surface area contributed by atoms with E-state index in [9.17, 15) is 14.4 Å². The van der Waals surface area contributed by atoms with Crippen molar-refractivity contribution in [1.82, 2.24) is 10.3 Å². The number of carbonyl (C=O) groups excluding carboxylic acids is 3. The Kier molecular flexibility index (Phi) is 7.71. The van der Waals surface area contributed by atoms with Crippen LogP contribution in [0, 0.1) is 0 Å². The molecule has 1 aromatic heterocycles. The van der Waals surface area contributed by atoms with E-state index in [0.29, 0.717) is 36.3 Å². The predicted molar refractivity (Wildman–Crippen MR) is 139 cm³/mol. The van der Waals surface area contributed by atoms with Gasteiger partial charge in [-0.05, 0) is 80.6 Å². The number of nitrogens with zero attached hydrogens (tertiary/aromatic N) is 1. The van der Waals surface area contributed by atoms with E-state index >= 15 is 0 Å². The van der Waals surface area contributed by atoms with Gasteiger partial charge in [-0.25, -0.2) is 9.59 Å². The highest BCUT2D eigenvalue weighted by Crippen LogP contribution is 2.35. The Morgan fingerprint density at radius 2 is 1.73 bits per heavy atom. The standard InChI is InChI=1S/C28H30N4O5/c1-28(2,3)37-27(35)32-23-9-5-4-8-22(23)31-25(33)20-10-12-21-19(15-20)11-13-24(21)36-26(34)30-17-18-7-6-14-29-16-18/h4-10,12,14-16,24H,11,13,17H2,1-3H3,(H,30,34)(H,31,33)(H,32,35)/t24-/m1/s1. The summed E-state index contributed by atoms with van der Waals surface area (Å²) >= 11 is 0. The lowest BCUT2D eigenvalue weighted by Gasteiger charge is -2.20. The van der Waals surface area contributed by atoms with Gasteiger partial charge in [0.05, 0.1) is 11.4 Å². The van der Waals surface area contributed by atoms with Crippen LogP contribution in [0.3, 0.4) is 0 Å². The van der Waals surface area contributed by atoms with E-state index in [0.717, 1.165) is 16.7 Å². The van der Waals surface area contributed by atoms with E-state index < -0.39 is 17.8 Å². The maximum atomic E-state index is 13.0. The molecule has 0 aliphatic heterocycles. The monoisotopic (exact) mass is 502 g/mol. The summed E-state index contributed by atoms with van der Waals surface area (Å²) in [6.07, 6.45) is 3.20. The van der Waals surface area contributed by atoms with E-state index in [-0.39, 0.29) is 12.0 Å². The number of nitrogens with one attached hydrogen (secondary N) is 3. The molecule has 0 saturated carbocycles. The Morgan fingerprint density at radius 1 is 0.973 bits per heavy atom. The molecule has 9 nitrogen and oxygen atoms in total. The van der Waals surface area contributed by atoms with E-state index in [1.807, 2.05) is 18.2 Å². The van der Waals surface area contributed by atoms with Crippen LogP contribution >= 0.6 is 0 Å². The van der Waals surface area contributed by atoms with Gasteiger partial charge < -0.3 is 20.1 Å². The number of rotatable bonds is 6. The van der Waals surface area contributed by atoms with Crippen LogP contribution in [0.4, 0.5) is 21.0 Å². The predicted octanol–water partition coefficient (Wildman–Crippen LogP) is 5.59. The molecule has 37 heavy (non-hydrogen) atoms. The minimum absolute atomic E-state index is 0.320. The van der Waals surface area contributed by atoms with Crippen molar-refractivity contribution in [3.05, 3.63) is 89.2 Å². The average Bonchev–Trinajstić information content (AvgIpc) is 3.25. The van der Waals surface area contributed by atoms with Gasteiger partial charge >= 0.3 is 12.2 Å². The van der Waals surface area contributed by atoms with Gasteiger partial charge in [0, 0.05) is 24.5 Å². The molecular formula is C28H30N4O5. The third kappa shape index (κ3) is 7.07. The topological polar surface area (TPSA) is 119 Å². The lowest BCUT2D eigenvalue weighted by atomic mass is 10.0. The molecule has 3 amide bonds. The molecule has 0 radical (unpaired) electrons. The highest BCUT2D eigenvalue weighted by Gasteiger charge is 2.27. The molecule has 1 aliphatic carbocycles. The Labute approximate surface area is 215 Å². The zero-order valence-corrected chi connectivity index (χ0v) is 21.0. The van der Waals surface area contributed by atoms with Crippen LogP contribution in [-0.2, 0) is 22.4 Å². The molecule has 0 unspecified atom stereocenters. The molecule has 0 fully saturated rings. The second-order valence-electron chi connectivity index (χ2n) is 9.69. The Balaban J connectivity index is 1.37. The second kappa shape index (κ2) is 11.1. The van der Waals surface area contributed by atoms with Crippen molar-refractivity contribution in [2.75, 3.05) is 10.6 Å². The molecule has 2 aromatic carbocycles. The zero-order valence-electron chi connectivity index (χ0n) is 21.0. The molecule has 3 N–H and O–H groups in total. The highest BCUT2D eigenvalue weighted by molar-refractivity contribution is 6.07. The van der Waals surface area contributed by atoms with Crippen LogP contribution in [-0.4, -0.2) is 28.7 Å². The first kappa shape index (κ1) is 25.7. The number of amides is 3. The molecule has 192 valence electrons. The van der Waals surface area contributed by atoms with Gasteiger partial charge in [0.25, 0.3) is 5.91 Å². The number of fused-ring (bicyclic) bond motifs is 1. The number of aryl methyl sites for hydroxylation is 1. The van der Waals surface area contributed by atoms with Crippen LogP contribution in [0.5, 0.6) is 0 Å². The van der Waals surface area contributed by atoms with Gasteiger partial charge in [-0.15, -0.1) is 0 Å². The maximum absolute atomic E-state index is 13.0. The number of anilines is 2. The number of carbonyl (C=O) groups is 3. The highest BCUT2D eigenvalue weighted by atomic mass is 16.6. The van der Waals surface area contributed by atoms with E-state index in [1.165, 1.54) is 0 Å². The van der Waals surface area contributed by atoms with Gasteiger partial charge in [0.2, 0.25) is 0 Å². The number of para-hydroxylation sites is 2. The summed E-state index contributed by atoms with van der Waals surface area (Å²) < 4.78 is 10.9. The zero-order chi connectivity index (χ0) is 26.4. The fraction of sp³-hybridized carbons (Fsp3) is 0.286. The number of hydrogen-bond acceptors (Lipinski definition) is 6. The lowest BCUT2D eigenvalue weighted by Crippen LogP contribution is -2.27. The van der Waals surface area contributed by atoms with Gasteiger partial charge in [-0.1, -0.05) is 24.3 Å². The largest absolute Gasteiger partial charge is 0.444 e. The Bertz CT molecular complexity index is 1290. The molecule has 3 aromatic rings. The fourth-order valence-electron chi connectivity index (χ4n) is 4.00. The average molecular weight is 503 g/mol. The van der Waals surface area contributed by atoms with E-state index in [1.54, 1.807) is 69.6 Å². The molecule has 0 saturated heterocycles. The fourth-order valence-corrected chi connectivity index (χ4v) is 4.00. The number of ether oxygens (including phenoxy) is 2. The van der Waals surface area contributed by atoms with Gasteiger partial charge in [0.1, 0.15) is 11.7 Å². The quantitative estimate of drug-likeness (QED) is 0.404. The summed E-state index contributed by atoms with van der Waals surface area (Å²) in [5, 5.41) is 8.27. The summed E-state index contributed by atoms with van der Waals surface area (Å²) in [4.78, 5) is 41.5. The van der Waals surface area contributed by atoms with Crippen molar-refractivity contribution in [2.45, 2.75) is 51.9 Å². The number of hydrogen-bond donors (Lipinski definition) is 3. The maximum Gasteiger partial charge on any atom is 0.412 e. The molecule has 1 atom stereocenters. The van der Waals surface area contributed by atoms with Crippen LogP contribution in [0.2, 0.25) is 0 Å². The first-order valence-corrected chi connectivity index (χ1v) is 12.0. The minimum Gasteiger partial charge on any atom is -0.444 e. The van der Waals surface area contributed by atoms with Gasteiger partial charge in [0.15, 0.2) is 0 Å². The van der Waals surface area contributed by atoms with Crippen molar-refractivity contribution in [2.24, 2.45) is 0 Å². The Morgan fingerprint density at radius 3 is 2.43 bits per heavy atom. The van der Waals surface area contributed by atoms with Gasteiger partial charge in [-0.2, -0.15) is 0 Å². The molecule has 4 rings (SSSR count). The van der Waals surface area contributed by atoms with Crippen LogP contribution in [0.25, 0.3) is 0 Å². The molecule has 1 aliphatic rings. The molecule has 0 spiro atoms. The minimum atomic E-state index is -0.645. The SMILES string of the molecule is CC(C)(C)OC(=O)Nc1ccccc1NC(=O)c1ccc2c(c1)CC[C@H]2OC(=O)NCc1cccnc1. The summed E-state index contributed by atoms with van der Waals surface area (Å²) in [5.41, 5.74) is 3.42. The van der Waals surface area contributed by atoms with Crippen molar-refractivity contribution < 1.29 is 23.9 Å². The third-order valence-corrected chi connectivity index (χ3v) is 5.65. The van der Waals surface area contributed by atoms with Crippen molar-refractivity contribution in [1.29, 1.82) is 0 Å². The molecule has 0 bridgehead atoms. The smallest absolute Gasteiger partial charge is 0.412 e. The van der Waals surface area contributed by atoms with Crippen molar-refractivity contribution in [3.8, 4) is 0 Å². The van der Waals surface area contributed by atoms with Crippen molar-refractivity contribution >= 4 is 29.5 Å². The summed E-state index contributed by atoms with van der Waals surface area (Å²) in [6, 6.07) is 15.9. The lowest BCUT2D eigenvalue weighted by molar-refractivity contribution is 0.0635.